The van der Waals surface area contributed by atoms with E-state index in [4.69, 9.17) is 14.0 Å². The van der Waals surface area contributed by atoms with Crippen LogP contribution >= 0.6 is 0 Å². The van der Waals surface area contributed by atoms with E-state index < -0.39 is 0 Å². The van der Waals surface area contributed by atoms with Gasteiger partial charge in [0.15, 0.2) is 0 Å². The Bertz CT molecular complexity index is 1040. The third kappa shape index (κ3) is 4.29. The normalized spacial score (nSPS) is 17.4. The number of carbonyl (C=O) groups is 1. The monoisotopic (exact) mass is 423 g/mol. The van der Waals surface area contributed by atoms with Gasteiger partial charge < -0.3 is 18.9 Å². The fourth-order valence-corrected chi connectivity index (χ4v) is 3.79. The Morgan fingerprint density at radius 2 is 1.74 bits per heavy atom. The van der Waals surface area contributed by atoms with Gasteiger partial charge in [0.05, 0.1) is 13.1 Å². The van der Waals surface area contributed by atoms with Gasteiger partial charge >= 0.3 is 0 Å². The molecule has 0 bridgehead atoms. The van der Waals surface area contributed by atoms with Crippen molar-refractivity contribution in [1.29, 1.82) is 0 Å². The molecule has 7 nitrogen and oxygen atoms in total. The molecule has 31 heavy (non-hydrogen) atoms. The molecule has 0 aliphatic carbocycles. The molecule has 0 N–H and O–H groups in total. The Kier molecular flexibility index (Phi) is 5.38. The maximum atomic E-state index is 13.0. The topological polar surface area (TPSA) is 77.7 Å². The molecule has 5 rings (SSSR count). The van der Waals surface area contributed by atoms with Crippen molar-refractivity contribution in [3.8, 4) is 17.1 Å². The molecule has 2 fully saturated rings. The third-order valence-corrected chi connectivity index (χ3v) is 5.65. The highest BCUT2D eigenvalue weighted by molar-refractivity contribution is 5.94. The zero-order valence-corrected chi connectivity index (χ0v) is 16.9. The van der Waals surface area contributed by atoms with Gasteiger partial charge in [-0.15, -0.1) is 0 Å². The highest BCUT2D eigenvalue weighted by atomic mass is 19.1. The summed E-state index contributed by atoms with van der Waals surface area (Å²) < 4.78 is 29.8. The summed E-state index contributed by atoms with van der Waals surface area (Å²) in [4.78, 5) is 18.6. The summed E-state index contributed by atoms with van der Waals surface area (Å²) in [5, 5.41) is 4.11. The van der Waals surface area contributed by atoms with Crippen molar-refractivity contribution in [2.45, 2.75) is 24.9 Å². The van der Waals surface area contributed by atoms with Gasteiger partial charge in [0.2, 0.25) is 11.7 Å². The van der Waals surface area contributed by atoms with Gasteiger partial charge in [0, 0.05) is 30.3 Å². The molecule has 3 heterocycles. The van der Waals surface area contributed by atoms with Gasteiger partial charge in [-0.3, -0.25) is 4.79 Å². The number of nitrogens with zero attached hydrogens (tertiary/aromatic N) is 3. The number of amides is 1. The van der Waals surface area contributed by atoms with Crippen LogP contribution in [-0.4, -0.2) is 53.4 Å². The second-order valence-corrected chi connectivity index (χ2v) is 7.82. The van der Waals surface area contributed by atoms with Crippen LogP contribution in [0.2, 0.25) is 0 Å². The van der Waals surface area contributed by atoms with Crippen molar-refractivity contribution in [2.24, 2.45) is 0 Å². The number of likely N-dealkylation sites (tertiary alicyclic amines) is 1. The summed E-state index contributed by atoms with van der Waals surface area (Å²) in [5.41, 5.74) is 1.33. The quantitative estimate of drug-likeness (QED) is 0.623. The molecule has 2 saturated heterocycles. The maximum absolute atomic E-state index is 13.0. The summed E-state index contributed by atoms with van der Waals surface area (Å²) in [7, 11) is 0. The average molecular weight is 423 g/mol. The largest absolute Gasteiger partial charge is 0.487 e. The minimum Gasteiger partial charge on any atom is -0.487 e. The third-order valence-electron chi connectivity index (χ3n) is 5.65. The van der Waals surface area contributed by atoms with Gasteiger partial charge in [-0.25, -0.2) is 4.39 Å². The van der Waals surface area contributed by atoms with Gasteiger partial charge in [-0.05, 0) is 61.4 Å². The summed E-state index contributed by atoms with van der Waals surface area (Å²) in [5.74, 6) is 1.73. The Hall–Kier alpha value is -3.26. The fourth-order valence-electron chi connectivity index (χ4n) is 3.79. The van der Waals surface area contributed by atoms with E-state index in [2.05, 4.69) is 10.1 Å². The van der Waals surface area contributed by atoms with Gasteiger partial charge in [-0.2, -0.15) is 4.98 Å². The molecule has 2 aliphatic rings. The Morgan fingerprint density at radius 3 is 2.45 bits per heavy atom. The smallest absolute Gasteiger partial charge is 0.254 e. The average Bonchev–Trinajstić information content (AvgIpc) is 3.27. The van der Waals surface area contributed by atoms with Crippen molar-refractivity contribution in [3.63, 3.8) is 0 Å². The highest BCUT2D eigenvalue weighted by Gasteiger charge is 2.32. The minimum atomic E-state index is -0.356. The lowest BCUT2D eigenvalue weighted by Crippen LogP contribution is -2.56. The molecule has 2 aliphatic heterocycles. The predicted molar refractivity (Wildman–Crippen MR) is 109 cm³/mol. The van der Waals surface area contributed by atoms with E-state index in [0.717, 1.165) is 37.4 Å². The summed E-state index contributed by atoms with van der Waals surface area (Å²) >= 11 is 0. The summed E-state index contributed by atoms with van der Waals surface area (Å²) in [6, 6.07) is 13.1. The number of rotatable bonds is 5. The maximum Gasteiger partial charge on any atom is 0.254 e. The molecule has 8 heteroatoms. The SMILES string of the molecule is O=C(c1ccc(F)cc1)N1CC(Oc2ccc(-c3noc(C4CCOCC4)n3)cc2)C1. The van der Waals surface area contributed by atoms with Gasteiger partial charge in [0.25, 0.3) is 5.91 Å². The van der Waals surface area contributed by atoms with E-state index in [1.165, 1.54) is 24.3 Å². The second-order valence-electron chi connectivity index (χ2n) is 7.82. The lowest BCUT2D eigenvalue weighted by molar-refractivity contribution is 0.0178. The number of halogens is 1. The molecule has 0 radical (unpaired) electrons. The molecule has 1 aromatic heterocycles. The molecule has 0 spiro atoms. The Morgan fingerprint density at radius 1 is 1.03 bits per heavy atom. The van der Waals surface area contributed by atoms with E-state index in [9.17, 15) is 9.18 Å². The van der Waals surface area contributed by atoms with Crippen molar-refractivity contribution >= 4 is 5.91 Å². The van der Waals surface area contributed by atoms with Crippen molar-refractivity contribution in [1.82, 2.24) is 15.0 Å². The first-order valence-electron chi connectivity index (χ1n) is 10.4. The van der Waals surface area contributed by atoms with E-state index >= 15 is 0 Å². The van der Waals surface area contributed by atoms with Crippen LogP contribution in [0.1, 0.15) is 35.0 Å². The number of hydrogen-bond donors (Lipinski definition) is 0. The molecule has 0 unspecified atom stereocenters. The molecule has 2 aromatic carbocycles. The summed E-state index contributed by atoms with van der Waals surface area (Å²) in [6.07, 6.45) is 1.73. The van der Waals surface area contributed by atoms with Gasteiger partial charge in [-0.1, -0.05) is 5.16 Å². The van der Waals surface area contributed by atoms with Crippen LogP contribution < -0.4 is 4.74 Å². The second kappa shape index (κ2) is 8.47. The Labute approximate surface area is 178 Å². The summed E-state index contributed by atoms with van der Waals surface area (Å²) in [6.45, 7) is 2.44. The lowest BCUT2D eigenvalue weighted by atomic mass is 10.0. The van der Waals surface area contributed by atoms with Crippen LogP contribution in [0.5, 0.6) is 5.75 Å². The minimum absolute atomic E-state index is 0.0689. The number of hydrogen-bond acceptors (Lipinski definition) is 6. The van der Waals surface area contributed by atoms with Crippen LogP contribution in [0.3, 0.4) is 0 Å². The van der Waals surface area contributed by atoms with Crippen LogP contribution in [0, 0.1) is 5.82 Å². The number of carbonyl (C=O) groups excluding carboxylic acids is 1. The van der Waals surface area contributed by atoms with Crippen LogP contribution in [0.4, 0.5) is 4.39 Å². The molecule has 3 aromatic rings. The van der Waals surface area contributed by atoms with Gasteiger partial charge in [0.1, 0.15) is 17.7 Å². The van der Waals surface area contributed by atoms with E-state index in [1.807, 2.05) is 24.3 Å². The molecule has 1 amide bonds. The highest BCUT2D eigenvalue weighted by Crippen LogP contribution is 2.28. The standard InChI is InChI=1S/C23H22FN3O4/c24-18-5-1-17(2-6-18)23(28)27-13-20(14-27)30-19-7-3-15(4-8-19)21-25-22(31-26-21)16-9-11-29-12-10-16/h1-8,16,20H,9-14H2. The van der Waals surface area contributed by atoms with Crippen LogP contribution in [0.25, 0.3) is 11.4 Å². The first-order valence-corrected chi connectivity index (χ1v) is 10.4. The van der Waals surface area contributed by atoms with Crippen molar-refractivity contribution in [2.75, 3.05) is 26.3 Å². The molecule has 160 valence electrons. The van der Waals surface area contributed by atoms with E-state index in [0.29, 0.717) is 30.4 Å². The first kappa shape index (κ1) is 19.7. The predicted octanol–water partition coefficient (Wildman–Crippen LogP) is 3.67. The Balaban J connectivity index is 1.15. The zero-order chi connectivity index (χ0) is 21.2. The van der Waals surface area contributed by atoms with Crippen molar-refractivity contribution in [3.05, 3.63) is 65.8 Å². The molecule has 0 atom stereocenters. The lowest BCUT2D eigenvalue weighted by Gasteiger charge is -2.39. The van der Waals surface area contributed by atoms with Crippen LogP contribution in [-0.2, 0) is 4.74 Å². The zero-order valence-electron chi connectivity index (χ0n) is 16.9. The number of benzene rings is 2. The van der Waals surface area contributed by atoms with E-state index in [1.54, 1.807) is 4.90 Å². The first-order chi connectivity index (χ1) is 15.2. The number of ether oxygens (including phenoxy) is 2. The number of aromatic nitrogens is 2. The van der Waals surface area contributed by atoms with E-state index in [-0.39, 0.29) is 23.7 Å². The van der Waals surface area contributed by atoms with Crippen molar-refractivity contribution < 1.29 is 23.2 Å². The molecular formula is C23H22FN3O4. The molecular weight excluding hydrogens is 401 g/mol. The van der Waals surface area contributed by atoms with Crippen LogP contribution in [0.15, 0.2) is 53.1 Å². The molecule has 0 saturated carbocycles. The fraction of sp³-hybridized carbons (Fsp3) is 0.348.